The van der Waals surface area contributed by atoms with Crippen LogP contribution in [-0.4, -0.2) is 22.6 Å². The van der Waals surface area contributed by atoms with Crippen molar-refractivity contribution in [1.82, 2.24) is 9.97 Å². The fourth-order valence-electron chi connectivity index (χ4n) is 1.82. The number of nitrogens with two attached hydrogens (primary N) is 1. The second kappa shape index (κ2) is 5.80. The van der Waals surface area contributed by atoms with Crippen molar-refractivity contribution >= 4 is 0 Å². The zero-order valence-electron chi connectivity index (χ0n) is 10.5. The molecule has 4 nitrogen and oxygen atoms in total. The van der Waals surface area contributed by atoms with Crippen molar-refractivity contribution in [2.75, 3.05) is 6.61 Å². The Bertz CT molecular complexity index is 339. The second-order valence-electron chi connectivity index (χ2n) is 3.99. The van der Waals surface area contributed by atoms with Gasteiger partial charge in [-0.3, -0.25) is 0 Å². The Hall–Kier alpha value is -1.16. The zero-order valence-corrected chi connectivity index (χ0v) is 10.5. The molecule has 2 unspecified atom stereocenters. The molecule has 0 spiro atoms. The van der Waals surface area contributed by atoms with Crippen molar-refractivity contribution in [3.8, 4) is 5.88 Å². The Kier molecular flexibility index (Phi) is 4.68. The van der Waals surface area contributed by atoms with Crippen LogP contribution in [-0.2, 0) is 0 Å². The van der Waals surface area contributed by atoms with Gasteiger partial charge < -0.3 is 10.5 Å². The van der Waals surface area contributed by atoms with Crippen LogP contribution in [0, 0.1) is 6.92 Å². The van der Waals surface area contributed by atoms with Gasteiger partial charge in [-0.15, -0.1) is 0 Å². The summed E-state index contributed by atoms with van der Waals surface area (Å²) in [5.74, 6) is 1.64. The highest BCUT2D eigenvalue weighted by Crippen LogP contribution is 2.23. The number of hydrogen-bond donors (Lipinski definition) is 1. The van der Waals surface area contributed by atoms with Gasteiger partial charge in [-0.1, -0.05) is 6.92 Å². The van der Waals surface area contributed by atoms with Crippen LogP contribution < -0.4 is 10.5 Å². The Morgan fingerprint density at radius 1 is 1.38 bits per heavy atom. The Morgan fingerprint density at radius 2 is 2.06 bits per heavy atom. The Balaban J connectivity index is 3.02. The van der Waals surface area contributed by atoms with Crippen molar-refractivity contribution in [1.29, 1.82) is 0 Å². The highest BCUT2D eigenvalue weighted by Gasteiger charge is 2.17. The minimum atomic E-state index is 0.0915. The van der Waals surface area contributed by atoms with E-state index in [9.17, 15) is 0 Å². The lowest BCUT2D eigenvalue weighted by molar-refractivity contribution is 0.324. The van der Waals surface area contributed by atoms with E-state index in [0.717, 1.165) is 17.9 Å². The maximum atomic E-state index is 5.95. The molecule has 90 valence electrons. The Labute approximate surface area is 97.2 Å². The summed E-state index contributed by atoms with van der Waals surface area (Å²) in [6.07, 6.45) is 0.972. The standard InChI is InChI=1S/C12H21N3O/c1-5-10(8(3)13)11-7-12(16-6-2)15-9(4)14-11/h7-8,10H,5-6,13H2,1-4H3. The maximum Gasteiger partial charge on any atom is 0.216 e. The SMILES string of the molecule is CCOc1cc(C(CC)C(C)N)nc(C)n1. The summed E-state index contributed by atoms with van der Waals surface area (Å²) in [6.45, 7) is 8.56. The molecule has 0 radical (unpaired) electrons. The summed E-state index contributed by atoms with van der Waals surface area (Å²) >= 11 is 0. The lowest BCUT2D eigenvalue weighted by atomic mass is 9.95. The average molecular weight is 223 g/mol. The van der Waals surface area contributed by atoms with Gasteiger partial charge in [-0.25, -0.2) is 4.98 Å². The quantitative estimate of drug-likeness (QED) is 0.829. The molecular weight excluding hydrogens is 202 g/mol. The van der Waals surface area contributed by atoms with Gasteiger partial charge in [0.25, 0.3) is 0 Å². The molecule has 4 heteroatoms. The van der Waals surface area contributed by atoms with Crippen LogP contribution >= 0.6 is 0 Å². The highest BCUT2D eigenvalue weighted by atomic mass is 16.5. The van der Waals surface area contributed by atoms with Crippen LogP contribution in [0.4, 0.5) is 0 Å². The van der Waals surface area contributed by atoms with Gasteiger partial charge in [0.15, 0.2) is 0 Å². The van der Waals surface area contributed by atoms with E-state index in [2.05, 4.69) is 16.9 Å². The van der Waals surface area contributed by atoms with Crippen molar-refractivity contribution in [2.24, 2.45) is 5.73 Å². The monoisotopic (exact) mass is 223 g/mol. The summed E-state index contributed by atoms with van der Waals surface area (Å²) in [6, 6.07) is 1.99. The van der Waals surface area contributed by atoms with Gasteiger partial charge in [-0.2, -0.15) is 4.98 Å². The molecule has 0 fully saturated rings. The normalized spacial score (nSPS) is 14.6. The van der Waals surface area contributed by atoms with E-state index < -0.39 is 0 Å². The van der Waals surface area contributed by atoms with Gasteiger partial charge in [-0.05, 0) is 27.2 Å². The lowest BCUT2D eigenvalue weighted by Gasteiger charge is -2.19. The Morgan fingerprint density at radius 3 is 2.56 bits per heavy atom. The van der Waals surface area contributed by atoms with E-state index in [1.165, 1.54) is 0 Å². The molecule has 0 bridgehead atoms. The first-order valence-electron chi connectivity index (χ1n) is 5.82. The van der Waals surface area contributed by atoms with E-state index >= 15 is 0 Å². The van der Waals surface area contributed by atoms with Crippen LogP contribution in [0.2, 0.25) is 0 Å². The average Bonchev–Trinajstić information content (AvgIpc) is 2.17. The van der Waals surface area contributed by atoms with Gasteiger partial charge >= 0.3 is 0 Å². The topological polar surface area (TPSA) is 61.0 Å². The predicted molar refractivity (Wildman–Crippen MR) is 64.6 cm³/mol. The summed E-state index contributed by atoms with van der Waals surface area (Å²) in [4.78, 5) is 8.66. The predicted octanol–water partition coefficient (Wildman–Crippen LogP) is 2.02. The first-order valence-corrected chi connectivity index (χ1v) is 5.82. The molecule has 0 amide bonds. The molecule has 2 atom stereocenters. The van der Waals surface area contributed by atoms with Gasteiger partial charge in [0.05, 0.1) is 12.3 Å². The van der Waals surface area contributed by atoms with E-state index in [1.807, 2.05) is 26.8 Å². The number of ether oxygens (including phenoxy) is 1. The molecule has 0 saturated carbocycles. The molecule has 1 rings (SSSR count). The van der Waals surface area contributed by atoms with Gasteiger partial charge in [0.2, 0.25) is 5.88 Å². The molecule has 2 N–H and O–H groups in total. The van der Waals surface area contributed by atoms with Crippen molar-refractivity contribution in [3.05, 3.63) is 17.6 Å². The number of aryl methyl sites for hydroxylation is 1. The first-order chi connectivity index (χ1) is 7.58. The third kappa shape index (κ3) is 3.17. The van der Waals surface area contributed by atoms with Gasteiger partial charge in [0.1, 0.15) is 5.82 Å². The van der Waals surface area contributed by atoms with Crippen LogP contribution in [0.25, 0.3) is 0 Å². The molecule has 1 heterocycles. The van der Waals surface area contributed by atoms with Crippen molar-refractivity contribution < 1.29 is 4.74 Å². The third-order valence-corrected chi connectivity index (χ3v) is 2.58. The van der Waals surface area contributed by atoms with E-state index in [0.29, 0.717) is 12.5 Å². The minimum absolute atomic E-state index is 0.0915. The highest BCUT2D eigenvalue weighted by molar-refractivity contribution is 5.20. The second-order valence-corrected chi connectivity index (χ2v) is 3.99. The summed E-state index contributed by atoms with van der Waals surface area (Å²) in [5, 5.41) is 0. The molecule has 16 heavy (non-hydrogen) atoms. The first kappa shape index (κ1) is 12.9. The van der Waals surface area contributed by atoms with Crippen molar-refractivity contribution in [3.63, 3.8) is 0 Å². The fraction of sp³-hybridized carbons (Fsp3) is 0.667. The smallest absolute Gasteiger partial charge is 0.216 e. The largest absolute Gasteiger partial charge is 0.478 e. The molecule has 1 aromatic rings. The zero-order chi connectivity index (χ0) is 12.1. The van der Waals surface area contributed by atoms with Gasteiger partial charge in [0, 0.05) is 18.0 Å². The van der Waals surface area contributed by atoms with Crippen LogP contribution in [0.3, 0.4) is 0 Å². The van der Waals surface area contributed by atoms with Crippen molar-refractivity contribution in [2.45, 2.75) is 46.1 Å². The maximum absolute atomic E-state index is 5.95. The number of hydrogen-bond acceptors (Lipinski definition) is 4. The molecule has 0 aliphatic heterocycles. The number of aromatic nitrogens is 2. The van der Waals surface area contributed by atoms with E-state index in [1.54, 1.807) is 0 Å². The summed E-state index contributed by atoms with van der Waals surface area (Å²) < 4.78 is 5.41. The van der Waals surface area contributed by atoms with E-state index in [-0.39, 0.29) is 12.0 Å². The summed E-state index contributed by atoms with van der Waals surface area (Å²) in [7, 11) is 0. The number of nitrogens with zero attached hydrogens (tertiary/aromatic N) is 2. The molecule has 0 saturated heterocycles. The molecule has 0 aliphatic carbocycles. The third-order valence-electron chi connectivity index (χ3n) is 2.58. The summed E-state index contributed by atoms with van der Waals surface area (Å²) in [5.41, 5.74) is 6.93. The van der Waals surface area contributed by atoms with E-state index in [4.69, 9.17) is 10.5 Å². The fourth-order valence-corrected chi connectivity index (χ4v) is 1.82. The number of rotatable bonds is 5. The molecular formula is C12H21N3O. The lowest BCUT2D eigenvalue weighted by Crippen LogP contribution is -2.25. The van der Waals surface area contributed by atoms with Crippen LogP contribution in [0.5, 0.6) is 5.88 Å². The minimum Gasteiger partial charge on any atom is -0.478 e. The molecule has 0 aliphatic rings. The molecule has 0 aromatic carbocycles. The van der Waals surface area contributed by atoms with Crippen LogP contribution in [0.1, 0.15) is 44.6 Å². The molecule has 1 aromatic heterocycles. The van der Waals surface area contributed by atoms with Crippen LogP contribution in [0.15, 0.2) is 6.07 Å².